The number of rotatable bonds is 4. The molecule has 0 N–H and O–H groups in total. The highest BCUT2D eigenvalue weighted by molar-refractivity contribution is 5.49. The van der Waals surface area contributed by atoms with Gasteiger partial charge in [-0.2, -0.15) is 13.2 Å². The van der Waals surface area contributed by atoms with Crippen LogP contribution in [-0.2, 0) is 10.9 Å². The molecule has 1 unspecified atom stereocenters. The van der Waals surface area contributed by atoms with E-state index in [9.17, 15) is 13.2 Å². The lowest BCUT2D eigenvalue weighted by atomic mass is 9.94. The van der Waals surface area contributed by atoms with Gasteiger partial charge in [0.15, 0.2) is 0 Å². The van der Waals surface area contributed by atoms with E-state index < -0.39 is 11.7 Å². The van der Waals surface area contributed by atoms with E-state index in [1.54, 1.807) is 4.90 Å². The molecule has 0 radical (unpaired) electrons. The molecule has 0 saturated carbocycles. The topological polar surface area (TPSA) is 25.4 Å². The standard InChI is InChI=1S/C17H21F3N2O/c1-4-23-13(3)14-8-11-22(10-7-12(14)2)16-15(17(18,19)20)6-5-9-21-16/h5-6,9,14H,2-4,7-8,10-11H2,1H3. The summed E-state index contributed by atoms with van der Waals surface area (Å²) in [6.07, 6.45) is -1.82. The Morgan fingerprint density at radius 3 is 2.83 bits per heavy atom. The van der Waals surface area contributed by atoms with Crippen LogP contribution in [0.2, 0.25) is 0 Å². The van der Waals surface area contributed by atoms with Crippen LogP contribution in [0, 0.1) is 5.92 Å². The summed E-state index contributed by atoms with van der Waals surface area (Å²) in [5, 5.41) is 0. The maximum Gasteiger partial charge on any atom is 0.419 e. The summed E-state index contributed by atoms with van der Waals surface area (Å²) in [7, 11) is 0. The number of anilines is 1. The smallest absolute Gasteiger partial charge is 0.419 e. The molecule has 6 heteroatoms. The first kappa shape index (κ1) is 17.4. The van der Waals surface area contributed by atoms with Crippen molar-refractivity contribution in [2.45, 2.75) is 25.9 Å². The van der Waals surface area contributed by atoms with Crippen molar-refractivity contribution in [2.75, 3.05) is 24.6 Å². The van der Waals surface area contributed by atoms with Gasteiger partial charge in [0.05, 0.1) is 17.9 Å². The summed E-state index contributed by atoms with van der Waals surface area (Å²) in [6, 6.07) is 2.38. The average Bonchev–Trinajstić information content (AvgIpc) is 2.68. The van der Waals surface area contributed by atoms with Crippen LogP contribution in [0.1, 0.15) is 25.3 Å². The van der Waals surface area contributed by atoms with Gasteiger partial charge in [-0.1, -0.05) is 18.7 Å². The van der Waals surface area contributed by atoms with E-state index in [0.29, 0.717) is 38.3 Å². The maximum atomic E-state index is 13.2. The zero-order valence-electron chi connectivity index (χ0n) is 13.2. The molecule has 3 nitrogen and oxygen atoms in total. The molecule has 23 heavy (non-hydrogen) atoms. The highest BCUT2D eigenvalue weighted by Gasteiger charge is 2.36. The minimum absolute atomic E-state index is 0.0181. The molecule has 1 aromatic rings. The summed E-state index contributed by atoms with van der Waals surface area (Å²) in [5.41, 5.74) is 0.239. The Labute approximate surface area is 134 Å². The molecule has 1 fully saturated rings. The zero-order valence-corrected chi connectivity index (χ0v) is 13.2. The Bertz CT molecular complexity index is 583. The Kier molecular flexibility index (Phi) is 5.34. The predicted octanol–water partition coefficient (Wildman–Crippen LogP) is 4.42. The van der Waals surface area contributed by atoms with Gasteiger partial charge >= 0.3 is 6.18 Å². The zero-order chi connectivity index (χ0) is 17.0. The average molecular weight is 326 g/mol. The van der Waals surface area contributed by atoms with Gasteiger partial charge in [0.2, 0.25) is 0 Å². The van der Waals surface area contributed by atoms with Crippen LogP contribution in [-0.4, -0.2) is 24.7 Å². The minimum atomic E-state index is -4.42. The normalized spacial score (nSPS) is 19.4. The van der Waals surface area contributed by atoms with Gasteiger partial charge in [-0.25, -0.2) is 4.98 Å². The summed E-state index contributed by atoms with van der Waals surface area (Å²) in [6.45, 7) is 11.3. The molecule has 0 bridgehead atoms. The van der Waals surface area contributed by atoms with Crippen molar-refractivity contribution in [1.29, 1.82) is 0 Å². The van der Waals surface area contributed by atoms with Crippen molar-refractivity contribution in [2.24, 2.45) is 5.92 Å². The number of nitrogens with zero attached hydrogens (tertiary/aromatic N) is 2. The van der Waals surface area contributed by atoms with E-state index in [0.717, 1.165) is 11.6 Å². The summed E-state index contributed by atoms with van der Waals surface area (Å²) >= 11 is 0. The fourth-order valence-corrected chi connectivity index (χ4v) is 2.81. The van der Waals surface area contributed by atoms with Crippen LogP contribution in [0.5, 0.6) is 0 Å². The second-order valence-electron chi connectivity index (χ2n) is 5.51. The number of ether oxygens (including phenoxy) is 1. The third-order valence-corrected chi connectivity index (χ3v) is 3.99. The number of hydrogen-bond acceptors (Lipinski definition) is 3. The van der Waals surface area contributed by atoms with Crippen molar-refractivity contribution in [3.05, 3.63) is 48.4 Å². The number of hydrogen-bond donors (Lipinski definition) is 0. The number of halogens is 3. The maximum absolute atomic E-state index is 13.2. The van der Waals surface area contributed by atoms with Crippen molar-refractivity contribution < 1.29 is 17.9 Å². The molecule has 1 saturated heterocycles. The van der Waals surface area contributed by atoms with Gasteiger partial charge in [-0.3, -0.25) is 0 Å². The van der Waals surface area contributed by atoms with E-state index >= 15 is 0 Å². The summed E-state index contributed by atoms with van der Waals surface area (Å²) in [4.78, 5) is 5.64. The molecule has 0 spiro atoms. The Morgan fingerprint density at radius 1 is 1.43 bits per heavy atom. The Morgan fingerprint density at radius 2 is 2.17 bits per heavy atom. The van der Waals surface area contributed by atoms with Gasteiger partial charge in [0, 0.05) is 25.2 Å². The number of pyridine rings is 1. The molecule has 126 valence electrons. The van der Waals surface area contributed by atoms with Crippen molar-refractivity contribution >= 4 is 5.82 Å². The minimum Gasteiger partial charge on any atom is -0.498 e. The quantitative estimate of drug-likeness (QED) is 0.605. The second kappa shape index (κ2) is 7.06. The van der Waals surface area contributed by atoms with E-state index in [4.69, 9.17) is 4.74 Å². The molecule has 1 aliphatic heterocycles. The van der Waals surface area contributed by atoms with Gasteiger partial charge in [0.25, 0.3) is 0 Å². The van der Waals surface area contributed by atoms with Crippen molar-refractivity contribution in [3.8, 4) is 0 Å². The number of aromatic nitrogens is 1. The lowest BCUT2D eigenvalue weighted by Gasteiger charge is -2.25. The predicted molar refractivity (Wildman–Crippen MR) is 84.1 cm³/mol. The fraction of sp³-hybridized carbons (Fsp3) is 0.471. The third kappa shape index (κ3) is 4.06. The molecule has 1 aromatic heterocycles. The van der Waals surface area contributed by atoms with Gasteiger partial charge in [-0.15, -0.1) is 0 Å². The van der Waals surface area contributed by atoms with Crippen LogP contribution in [0.3, 0.4) is 0 Å². The molecule has 2 heterocycles. The van der Waals surface area contributed by atoms with Crippen LogP contribution < -0.4 is 4.90 Å². The second-order valence-corrected chi connectivity index (χ2v) is 5.51. The molecule has 0 aliphatic carbocycles. The van der Waals surface area contributed by atoms with E-state index in [2.05, 4.69) is 18.1 Å². The third-order valence-electron chi connectivity index (χ3n) is 3.99. The van der Waals surface area contributed by atoms with E-state index in [1.165, 1.54) is 12.3 Å². The molecule has 1 aliphatic rings. The van der Waals surface area contributed by atoms with Crippen LogP contribution in [0.25, 0.3) is 0 Å². The van der Waals surface area contributed by atoms with Gasteiger partial charge in [-0.05, 0) is 31.9 Å². The highest BCUT2D eigenvalue weighted by Crippen LogP contribution is 2.37. The first-order chi connectivity index (χ1) is 10.8. The van der Waals surface area contributed by atoms with Crippen molar-refractivity contribution in [1.82, 2.24) is 4.98 Å². The summed E-state index contributed by atoms with van der Waals surface area (Å²) < 4.78 is 45.0. The Hall–Kier alpha value is -1.98. The molecular weight excluding hydrogens is 305 g/mol. The van der Waals surface area contributed by atoms with Crippen LogP contribution in [0.4, 0.5) is 19.0 Å². The van der Waals surface area contributed by atoms with Gasteiger partial charge < -0.3 is 9.64 Å². The van der Waals surface area contributed by atoms with Gasteiger partial charge in [0.1, 0.15) is 5.82 Å². The molecule has 0 amide bonds. The number of alkyl halides is 3. The number of allylic oxidation sites excluding steroid dienone is 1. The van der Waals surface area contributed by atoms with Crippen LogP contribution in [0.15, 0.2) is 42.8 Å². The van der Waals surface area contributed by atoms with Crippen molar-refractivity contribution in [3.63, 3.8) is 0 Å². The first-order valence-electron chi connectivity index (χ1n) is 7.61. The largest absolute Gasteiger partial charge is 0.498 e. The fourth-order valence-electron chi connectivity index (χ4n) is 2.81. The highest BCUT2D eigenvalue weighted by atomic mass is 19.4. The molecule has 0 aromatic carbocycles. The monoisotopic (exact) mass is 326 g/mol. The molecule has 1 atom stereocenters. The SMILES string of the molecule is C=C1CCN(c2ncccc2C(F)(F)F)CCC1C(=C)OCC. The summed E-state index contributed by atoms with van der Waals surface area (Å²) in [5.74, 6) is 0.588. The molecular formula is C17H21F3N2O. The molecule has 2 rings (SSSR count). The first-order valence-corrected chi connectivity index (χ1v) is 7.61. The Balaban J connectivity index is 2.21. The lowest BCUT2D eigenvalue weighted by molar-refractivity contribution is -0.137. The van der Waals surface area contributed by atoms with Crippen LogP contribution >= 0.6 is 0 Å². The lowest BCUT2D eigenvalue weighted by Crippen LogP contribution is -2.28. The van der Waals surface area contributed by atoms with E-state index in [-0.39, 0.29) is 11.7 Å². The van der Waals surface area contributed by atoms with E-state index in [1.807, 2.05) is 6.92 Å².